The van der Waals surface area contributed by atoms with Gasteiger partial charge < -0.3 is 10.1 Å². The Hall–Kier alpha value is -2.36. The SMILES string of the molecule is COC(=O)C1=C(C)NC2=C(C(=O)CC(C)(C)C2)C1Cc1ccccc1. The molecule has 1 aromatic carbocycles. The number of allylic oxidation sites excluding steroid dienone is 3. The average Bonchev–Trinajstić information content (AvgIpc) is 2.53. The standard InChI is InChI=1S/C21H25NO3/c1-13-18(20(24)25-4)15(10-14-8-6-5-7-9-14)19-16(22-13)11-21(2,3)12-17(19)23/h5-9,15,22H,10-12H2,1-4H3. The van der Waals surface area contributed by atoms with Gasteiger partial charge in [0.1, 0.15) is 0 Å². The van der Waals surface area contributed by atoms with Crippen molar-refractivity contribution >= 4 is 11.8 Å². The highest BCUT2D eigenvalue weighted by Crippen LogP contribution is 2.43. The van der Waals surface area contributed by atoms with E-state index in [-0.39, 0.29) is 23.1 Å². The third kappa shape index (κ3) is 3.39. The lowest BCUT2D eigenvalue weighted by molar-refractivity contribution is -0.136. The van der Waals surface area contributed by atoms with E-state index in [1.807, 2.05) is 37.3 Å². The maximum absolute atomic E-state index is 12.9. The second kappa shape index (κ2) is 6.51. The first kappa shape index (κ1) is 17.5. The summed E-state index contributed by atoms with van der Waals surface area (Å²) in [4.78, 5) is 25.4. The van der Waals surface area contributed by atoms with Crippen LogP contribution < -0.4 is 5.32 Å². The van der Waals surface area contributed by atoms with Gasteiger partial charge in [-0.15, -0.1) is 0 Å². The van der Waals surface area contributed by atoms with E-state index in [1.54, 1.807) is 0 Å². The lowest BCUT2D eigenvalue weighted by Gasteiger charge is -2.39. The van der Waals surface area contributed by atoms with E-state index in [9.17, 15) is 9.59 Å². The Labute approximate surface area is 149 Å². The van der Waals surface area contributed by atoms with Crippen LogP contribution in [0.2, 0.25) is 0 Å². The first-order valence-electron chi connectivity index (χ1n) is 8.68. The van der Waals surface area contributed by atoms with Crippen molar-refractivity contribution in [1.82, 2.24) is 5.32 Å². The van der Waals surface area contributed by atoms with Crippen LogP contribution in [0.15, 0.2) is 52.9 Å². The monoisotopic (exact) mass is 339 g/mol. The van der Waals surface area contributed by atoms with Crippen molar-refractivity contribution in [2.75, 3.05) is 7.11 Å². The molecule has 0 bridgehead atoms. The Kier molecular flexibility index (Phi) is 4.55. The Morgan fingerprint density at radius 1 is 1.24 bits per heavy atom. The van der Waals surface area contributed by atoms with E-state index in [0.717, 1.165) is 29.0 Å². The number of rotatable bonds is 3. The van der Waals surface area contributed by atoms with Crippen LogP contribution >= 0.6 is 0 Å². The molecular weight excluding hydrogens is 314 g/mol. The number of methoxy groups -OCH3 is 1. The number of Topliss-reactive ketones (excluding diaryl/α,β-unsaturated/α-hetero) is 1. The molecule has 1 atom stereocenters. The smallest absolute Gasteiger partial charge is 0.336 e. The molecule has 132 valence electrons. The molecule has 1 aliphatic carbocycles. The molecule has 0 saturated heterocycles. The van der Waals surface area contributed by atoms with Crippen LogP contribution in [0.5, 0.6) is 0 Å². The van der Waals surface area contributed by atoms with Gasteiger partial charge in [0, 0.05) is 29.3 Å². The van der Waals surface area contributed by atoms with Crippen LogP contribution in [0.25, 0.3) is 0 Å². The summed E-state index contributed by atoms with van der Waals surface area (Å²) < 4.78 is 5.01. The molecule has 0 saturated carbocycles. The van der Waals surface area contributed by atoms with E-state index >= 15 is 0 Å². The van der Waals surface area contributed by atoms with Crippen LogP contribution in [0, 0.1) is 11.3 Å². The van der Waals surface area contributed by atoms with Crippen molar-refractivity contribution in [3.05, 3.63) is 58.4 Å². The normalized spacial score (nSPS) is 22.4. The number of esters is 1. The molecule has 25 heavy (non-hydrogen) atoms. The third-order valence-electron chi connectivity index (χ3n) is 5.05. The largest absolute Gasteiger partial charge is 0.466 e. The minimum atomic E-state index is -0.366. The van der Waals surface area contributed by atoms with Crippen molar-refractivity contribution in [1.29, 1.82) is 0 Å². The highest BCUT2D eigenvalue weighted by atomic mass is 16.5. The van der Waals surface area contributed by atoms with Gasteiger partial charge in [0.2, 0.25) is 0 Å². The number of nitrogens with one attached hydrogen (secondary N) is 1. The summed E-state index contributed by atoms with van der Waals surface area (Å²) in [5, 5.41) is 3.32. The zero-order valence-electron chi connectivity index (χ0n) is 15.3. The van der Waals surface area contributed by atoms with Gasteiger partial charge in [0.25, 0.3) is 0 Å². The van der Waals surface area contributed by atoms with E-state index in [4.69, 9.17) is 4.74 Å². The number of hydrogen-bond donors (Lipinski definition) is 1. The fourth-order valence-electron chi connectivity index (χ4n) is 4.01. The molecule has 1 N–H and O–H groups in total. The van der Waals surface area contributed by atoms with Gasteiger partial charge in [0.15, 0.2) is 5.78 Å². The molecule has 0 radical (unpaired) electrons. The van der Waals surface area contributed by atoms with Gasteiger partial charge in [-0.1, -0.05) is 44.2 Å². The number of benzene rings is 1. The molecule has 0 aromatic heterocycles. The van der Waals surface area contributed by atoms with Crippen molar-refractivity contribution in [2.24, 2.45) is 11.3 Å². The van der Waals surface area contributed by atoms with Crippen molar-refractivity contribution in [3.8, 4) is 0 Å². The van der Waals surface area contributed by atoms with Crippen LogP contribution in [-0.4, -0.2) is 18.9 Å². The van der Waals surface area contributed by atoms with E-state index < -0.39 is 0 Å². The molecule has 0 fully saturated rings. The molecule has 2 aliphatic rings. The summed E-state index contributed by atoms with van der Waals surface area (Å²) in [7, 11) is 1.39. The van der Waals surface area contributed by atoms with Gasteiger partial charge in [-0.25, -0.2) is 4.79 Å². The van der Waals surface area contributed by atoms with Gasteiger partial charge in [0.05, 0.1) is 12.7 Å². The molecule has 4 nitrogen and oxygen atoms in total. The fourth-order valence-corrected chi connectivity index (χ4v) is 4.01. The number of hydrogen-bond acceptors (Lipinski definition) is 4. The van der Waals surface area contributed by atoms with Crippen LogP contribution in [0.3, 0.4) is 0 Å². The van der Waals surface area contributed by atoms with Crippen molar-refractivity contribution in [3.63, 3.8) is 0 Å². The Morgan fingerprint density at radius 2 is 1.92 bits per heavy atom. The lowest BCUT2D eigenvalue weighted by atomic mass is 9.69. The van der Waals surface area contributed by atoms with Crippen molar-refractivity contribution in [2.45, 2.75) is 40.0 Å². The van der Waals surface area contributed by atoms with Crippen LogP contribution in [0.1, 0.15) is 39.2 Å². The number of ketones is 1. The summed E-state index contributed by atoms with van der Waals surface area (Å²) in [6.07, 6.45) is 1.94. The molecule has 1 heterocycles. The Morgan fingerprint density at radius 3 is 2.56 bits per heavy atom. The molecule has 1 aliphatic heterocycles. The van der Waals surface area contributed by atoms with E-state index in [1.165, 1.54) is 7.11 Å². The minimum Gasteiger partial charge on any atom is -0.466 e. The molecule has 3 rings (SSSR count). The van der Waals surface area contributed by atoms with Gasteiger partial charge in [-0.2, -0.15) is 0 Å². The highest BCUT2D eigenvalue weighted by molar-refractivity contribution is 6.02. The first-order valence-corrected chi connectivity index (χ1v) is 8.68. The molecule has 1 aromatic rings. The molecule has 0 spiro atoms. The number of ether oxygens (including phenoxy) is 1. The zero-order chi connectivity index (χ0) is 18.2. The average molecular weight is 339 g/mol. The molecule has 1 unspecified atom stereocenters. The predicted octanol–water partition coefficient (Wildman–Crippen LogP) is 3.54. The molecule has 0 amide bonds. The van der Waals surface area contributed by atoms with Gasteiger partial charge >= 0.3 is 5.97 Å². The lowest BCUT2D eigenvalue weighted by Crippen LogP contribution is -2.40. The maximum Gasteiger partial charge on any atom is 0.336 e. The van der Waals surface area contributed by atoms with Gasteiger partial charge in [-0.3, -0.25) is 4.79 Å². The minimum absolute atomic E-state index is 0.0662. The maximum atomic E-state index is 12.9. The predicted molar refractivity (Wildman–Crippen MR) is 96.5 cm³/mol. The summed E-state index contributed by atoms with van der Waals surface area (Å²) in [5.41, 5.74) is 4.12. The summed E-state index contributed by atoms with van der Waals surface area (Å²) in [5.74, 6) is -0.488. The summed E-state index contributed by atoms with van der Waals surface area (Å²) >= 11 is 0. The number of carbonyl (C=O) groups excluding carboxylic acids is 2. The second-order valence-corrected chi connectivity index (χ2v) is 7.73. The number of carbonyl (C=O) groups is 2. The molecule has 4 heteroatoms. The van der Waals surface area contributed by atoms with E-state index in [0.29, 0.717) is 18.4 Å². The molecular formula is C21H25NO3. The quantitative estimate of drug-likeness (QED) is 0.856. The Bertz CT molecular complexity index is 772. The van der Waals surface area contributed by atoms with Crippen LogP contribution in [-0.2, 0) is 20.7 Å². The summed E-state index contributed by atoms with van der Waals surface area (Å²) in [6.45, 7) is 6.11. The Balaban J connectivity index is 2.07. The van der Waals surface area contributed by atoms with Gasteiger partial charge in [-0.05, 0) is 30.7 Å². The van der Waals surface area contributed by atoms with E-state index in [2.05, 4.69) is 19.2 Å². The highest BCUT2D eigenvalue weighted by Gasteiger charge is 2.42. The first-order chi connectivity index (χ1) is 11.8. The van der Waals surface area contributed by atoms with Crippen molar-refractivity contribution < 1.29 is 14.3 Å². The summed E-state index contributed by atoms with van der Waals surface area (Å²) in [6, 6.07) is 9.98. The number of dihydropyridines is 1. The van der Waals surface area contributed by atoms with Crippen LogP contribution in [0.4, 0.5) is 0 Å². The topological polar surface area (TPSA) is 55.4 Å². The zero-order valence-corrected chi connectivity index (χ0v) is 15.3. The third-order valence-corrected chi connectivity index (χ3v) is 5.05. The fraction of sp³-hybridized carbons (Fsp3) is 0.429. The second-order valence-electron chi connectivity index (χ2n) is 7.73.